The molecule has 2 aromatic carbocycles. The average molecular weight is 315 g/mol. The van der Waals surface area contributed by atoms with Gasteiger partial charge in [0.25, 0.3) is 0 Å². The Morgan fingerprint density at radius 1 is 0.870 bits per heavy atom. The zero-order valence-corrected chi connectivity index (χ0v) is 12.8. The van der Waals surface area contributed by atoms with E-state index in [1.807, 2.05) is 0 Å². The van der Waals surface area contributed by atoms with Crippen molar-refractivity contribution in [3.63, 3.8) is 0 Å². The number of benzene rings is 2. The molecule has 23 heavy (non-hydrogen) atoms. The van der Waals surface area contributed by atoms with Gasteiger partial charge in [-0.2, -0.15) is 0 Å². The molecule has 0 heterocycles. The minimum atomic E-state index is -0.496. The molecule has 0 atom stereocenters. The van der Waals surface area contributed by atoms with E-state index in [-0.39, 0.29) is 0 Å². The molecule has 0 saturated heterocycles. The number of nitrogens with zero attached hydrogens (tertiary/aromatic N) is 1. The van der Waals surface area contributed by atoms with E-state index in [0.29, 0.717) is 5.56 Å². The van der Waals surface area contributed by atoms with Crippen LogP contribution in [-0.4, -0.2) is 25.4 Å². The van der Waals surface area contributed by atoms with E-state index in [2.05, 4.69) is 0 Å². The molecule has 0 radical (unpaired) electrons. The lowest BCUT2D eigenvalue weighted by molar-refractivity contribution is -0.400. The SMILES string of the molecule is COc1ccc(/C=C/[N+](=O)[O-])cc1.COc1ccc(C=O)cc1. The largest absolute Gasteiger partial charge is 0.497 e. The van der Waals surface area contributed by atoms with Gasteiger partial charge in [0.15, 0.2) is 0 Å². The van der Waals surface area contributed by atoms with Crippen LogP contribution in [0.25, 0.3) is 6.08 Å². The van der Waals surface area contributed by atoms with Crippen LogP contribution >= 0.6 is 0 Å². The number of ether oxygens (including phenoxy) is 2. The fourth-order valence-electron chi connectivity index (χ4n) is 1.54. The normalized spacial score (nSPS) is 9.65. The molecule has 0 amide bonds. The standard InChI is InChI=1S/C9H9NO3.C8H8O2/c1-13-9-4-2-8(3-5-9)6-7-10(11)12;1-10-8-4-2-7(6-9)3-5-8/h2-7H,1H3;2-6H,1H3/b7-6+;. The van der Waals surface area contributed by atoms with E-state index < -0.39 is 4.92 Å². The summed E-state index contributed by atoms with van der Waals surface area (Å²) < 4.78 is 9.83. The Labute approximate surface area is 134 Å². The van der Waals surface area contributed by atoms with E-state index in [1.54, 1.807) is 62.8 Å². The van der Waals surface area contributed by atoms with Gasteiger partial charge in [-0.1, -0.05) is 12.1 Å². The molecule has 6 heteroatoms. The van der Waals surface area contributed by atoms with Gasteiger partial charge in [0.2, 0.25) is 6.20 Å². The lowest BCUT2D eigenvalue weighted by Crippen LogP contribution is -1.83. The van der Waals surface area contributed by atoms with E-state index in [9.17, 15) is 14.9 Å². The van der Waals surface area contributed by atoms with Gasteiger partial charge in [-0.05, 0) is 42.0 Å². The van der Waals surface area contributed by atoms with Crippen LogP contribution in [-0.2, 0) is 0 Å². The summed E-state index contributed by atoms with van der Waals surface area (Å²) in [4.78, 5) is 19.7. The van der Waals surface area contributed by atoms with Crippen LogP contribution in [0.3, 0.4) is 0 Å². The van der Waals surface area contributed by atoms with Crippen molar-refractivity contribution in [3.05, 3.63) is 76.0 Å². The van der Waals surface area contributed by atoms with Gasteiger partial charge in [-0.25, -0.2) is 0 Å². The van der Waals surface area contributed by atoms with Gasteiger partial charge in [0, 0.05) is 11.6 Å². The van der Waals surface area contributed by atoms with Crippen LogP contribution in [0.5, 0.6) is 11.5 Å². The summed E-state index contributed by atoms with van der Waals surface area (Å²) in [6, 6.07) is 13.9. The molecule has 0 saturated carbocycles. The van der Waals surface area contributed by atoms with Crippen molar-refractivity contribution >= 4 is 12.4 Å². The zero-order chi connectivity index (χ0) is 17.1. The van der Waals surface area contributed by atoms with E-state index in [4.69, 9.17) is 9.47 Å². The first-order chi connectivity index (χ1) is 11.1. The number of rotatable bonds is 5. The maximum absolute atomic E-state index is 10.2. The van der Waals surface area contributed by atoms with Gasteiger partial charge in [0.1, 0.15) is 17.8 Å². The van der Waals surface area contributed by atoms with E-state index in [1.165, 1.54) is 6.08 Å². The van der Waals surface area contributed by atoms with Gasteiger partial charge < -0.3 is 9.47 Å². The maximum Gasteiger partial charge on any atom is 0.235 e. The molecule has 120 valence electrons. The summed E-state index contributed by atoms with van der Waals surface area (Å²) in [6.07, 6.45) is 3.14. The van der Waals surface area contributed by atoms with Gasteiger partial charge in [0.05, 0.1) is 19.1 Å². The lowest BCUT2D eigenvalue weighted by atomic mass is 10.2. The Balaban J connectivity index is 0.000000238. The molecule has 0 N–H and O–H groups in total. The number of carbonyl (C=O) groups excluding carboxylic acids is 1. The number of hydrogen-bond acceptors (Lipinski definition) is 5. The molecule has 2 rings (SSSR count). The van der Waals surface area contributed by atoms with Crippen molar-refractivity contribution in [2.45, 2.75) is 0 Å². The highest BCUT2D eigenvalue weighted by Crippen LogP contribution is 2.12. The predicted molar refractivity (Wildman–Crippen MR) is 87.4 cm³/mol. The first kappa shape index (κ1) is 17.9. The summed E-state index contributed by atoms with van der Waals surface area (Å²) in [7, 11) is 3.16. The number of hydrogen-bond donors (Lipinski definition) is 0. The molecule has 0 spiro atoms. The predicted octanol–water partition coefficient (Wildman–Crippen LogP) is 3.45. The third-order valence-electron chi connectivity index (χ3n) is 2.76. The van der Waals surface area contributed by atoms with Crippen molar-refractivity contribution < 1.29 is 19.2 Å². The Kier molecular flexibility index (Phi) is 7.57. The maximum atomic E-state index is 10.2. The molecular formula is C17H17NO5. The van der Waals surface area contributed by atoms with Crippen LogP contribution in [0.15, 0.2) is 54.7 Å². The second kappa shape index (κ2) is 9.73. The minimum Gasteiger partial charge on any atom is -0.497 e. The highest BCUT2D eigenvalue weighted by Gasteiger charge is 1.92. The van der Waals surface area contributed by atoms with Crippen molar-refractivity contribution in [3.8, 4) is 11.5 Å². The summed E-state index contributed by atoms with van der Waals surface area (Å²) in [5.41, 5.74) is 1.44. The first-order valence-corrected chi connectivity index (χ1v) is 6.64. The molecule has 0 aliphatic heterocycles. The third-order valence-corrected chi connectivity index (χ3v) is 2.76. The second-order valence-corrected chi connectivity index (χ2v) is 4.27. The van der Waals surface area contributed by atoms with E-state index >= 15 is 0 Å². The Bertz CT molecular complexity index is 648. The number of carbonyl (C=O) groups is 1. The smallest absolute Gasteiger partial charge is 0.235 e. The Hall–Kier alpha value is -3.15. The summed E-state index contributed by atoms with van der Waals surface area (Å²) in [5.74, 6) is 1.50. The summed E-state index contributed by atoms with van der Waals surface area (Å²) in [6.45, 7) is 0. The highest BCUT2D eigenvalue weighted by molar-refractivity contribution is 5.74. The van der Waals surface area contributed by atoms with Crippen molar-refractivity contribution in [1.29, 1.82) is 0 Å². The van der Waals surface area contributed by atoms with Crippen LogP contribution in [0, 0.1) is 10.1 Å². The fourth-order valence-corrected chi connectivity index (χ4v) is 1.54. The molecule has 2 aromatic rings. The van der Waals surface area contributed by atoms with Crippen LogP contribution in [0.2, 0.25) is 0 Å². The first-order valence-electron chi connectivity index (χ1n) is 6.64. The van der Waals surface area contributed by atoms with E-state index in [0.717, 1.165) is 29.5 Å². The molecule has 0 unspecified atom stereocenters. The number of aldehydes is 1. The highest BCUT2D eigenvalue weighted by atomic mass is 16.6. The molecule has 0 aliphatic carbocycles. The topological polar surface area (TPSA) is 78.7 Å². The average Bonchev–Trinajstić information content (AvgIpc) is 2.61. The van der Waals surface area contributed by atoms with Crippen LogP contribution < -0.4 is 9.47 Å². The molecular weight excluding hydrogens is 298 g/mol. The third kappa shape index (κ3) is 6.90. The second-order valence-electron chi connectivity index (χ2n) is 4.27. The summed E-state index contributed by atoms with van der Waals surface area (Å²) >= 11 is 0. The quantitative estimate of drug-likeness (QED) is 0.479. The monoisotopic (exact) mass is 315 g/mol. The minimum absolute atomic E-state index is 0.496. The van der Waals surface area contributed by atoms with Crippen molar-refractivity contribution in [1.82, 2.24) is 0 Å². The number of methoxy groups -OCH3 is 2. The van der Waals surface area contributed by atoms with Gasteiger partial charge in [-0.15, -0.1) is 0 Å². The van der Waals surface area contributed by atoms with Crippen molar-refractivity contribution in [2.24, 2.45) is 0 Å². The fraction of sp³-hybridized carbons (Fsp3) is 0.118. The number of nitro groups is 1. The molecule has 0 aliphatic rings. The molecule has 0 bridgehead atoms. The van der Waals surface area contributed by atoms with Crippen LogP contribution in [0.1, 0.15) is 15.9 Å². The van der Waals surface area contributed by atoms with Gasteiger partial charge in [-0.3, -0.25) is 14.9 Å². The Morgan fingerprint density at radius 2 is 1.30 bits per heavy atom. The lowest BCUT2D eigenvalue weighted by Gasteiger charge is -1.97. The van der Waals surface area contributed by atoms with Gasteiger partial charge >= 0.3 is 0 Å². The van der Waals surface area contributed by atoms with Crippen molar-refractivity contribution in [2.75, 3.05) is 14.2 Å². The Morgan fingerprint density at radius 3 is 1.65 bits per heavy atom. The molecule has 0 fully saturated rings. The zero-order valence-electron chi connectivity index (χ0n) is 12.8. The summed E-state index contributed by atoms with van der Waals surface area (Å²) in [5, 5.41) is 9.99. The molecule has 6 nitrogen and oxygen atoms in total. The molecule has 0 aromatic heterocycles. The van der Waals surface area contributed by atoms with Crippen LogP contribution in [0.4, 0.5) is 0 Å².